The van der Waals surface area contributed by atoms with E-state index in [1.165, 1.54) is 31.2 Å². The van der Waals surface area contributed by atoms with Gasteiger partial charge in [-0.15, -0.1) is 0 Å². The van der Waals surface area contributed by atoms with Crippen LogP contribution in [0.1, 0.15) is 61.8 Å². The lowest BCUT2D eigenvalue weighted by molar-refractivity contribution is 0.175. The van der Waals surface area contributed by atoms with Crippen molar-refractivity contribution < 1.29 is 9.94 Å². The predicted octanol–water partition coefficient (Wildman–Crippen LogP) is 2.77. The van der Waals surface area contributed by atoms with E-state index >= 15 is 0 Å². The van der Waals surface area contributed by atoms with Gasteiger partial charge in [-0.3, -0.25) is 0 Å². The first-order valence-electron chi connectivity index (χ1n) is 7.95. The normalized spacial score (nSPS) is 20.1. The minimum atomic E-state index is 0.0841. The molecule has 0 aliphatic heterocycles. The third-order valence-electron chi connectivity index (χ3n) is 4.48. The second-order valence-corrected chi connectivity index (χ2v) is 6.02. The zero-order valence-electron chi connectivity index (χ0n) is 12.3. The SMILES string of the molecule is NC(=NO)c1cc2c(nc1OC1CCCCCC1)CCC2. The molecule has 1 heterocycles. The monoisotopic (exact) mass is 289 g/mol. The summed E-state index contributed by atoms with van der Waals surface area (Å²) in [6.45, 7) is 0. The number of aromatic nitrogens is 1. The first-order valence-corrected chi connectivity index (χ1v) is 7.95. The molecule has 0 spiro atoms. The maximum absolute atomic E-state index is 8.99. The van der Waals surface area contributed by atoms with Crippen LogP contribution in [0, 0.1) is 0 Å². The number of oxime groups is 1. The number of ether oxygens (including phenoxy) is 1. The Morgan fingerprint density at radius 3 is 2.67 bits per heavy atom. The van der Waals surface area contributed by atoms with Gasteiger partial charge >= 0.3 is 0 Å². The lowest BCUT2D eigenvalue weighted by Gasteiger charge is -2.19. The van der Waals surface area contributed by atoms with Crippen molar-refractivity contribution in [2.45, 2.75) is 63.9 Å². The van der Waals surface area contributed by atoms with Gasteiger partial charge in [-0.05, 0) is 56.6 Å². The molecule has 1 aromatic rings. The van der Waals surface area contributed by atoms with Crippen molar-refractivity contribution in [2.24, 2.45) is 10.9 Å². The highest BCUT2D eigenvalue weighted by molar-refractivity contribution is 5.99. The molecular weight excluding hydrogens is 266 g/mol. The minimum Gasteiger partial charge on any atom is -0.474 e. The van der Waals surface area contributed by atoms with Crippen LogP contribution in [0.3, 0.4) is 0 Å². The Hall–Kier alpha value is -1.78. The Bertz CT molecular complexity index is 535. The molecule has 21 heavy (non-hydrogen) atoms. The molecule has 0 aromatic carbocycles. The van der Waals surface area contributed by atoms with Gasteiger partial charge in [0, 0.05) is 5.69 Å². The van der Waals surface area contributed by atoms with E-state index in [9.17, 15) is 0 Å². The van der Waals surface area contributed by atoms with E-state index in [-0.39, 0.29) is 11.9 Å². The van der Waals surface area contributed by atoms with Gasteiger partial charge in [0.25, 0.3) is 0 Å². The maximum Gasteiger partial charge on any atom is 0.225 e. The van der Waals surface area contributed by atoms with Gasteiger partial charge in [0.1, 0.15) is 6.10 Å². The molecule has 5 nitrogen and oxygen atoms in total. The van der Waals surface area contributed by atoms with Crippen LogP contribution in [0.5, 0.6) is 5.88 Å². The summed E-state index contributed by atoms with van der Waals surface area (Å²) >= 11 is 0. The largest absolute Gasteiger partial charge is 0.474 e. The van der Waals surface area contributed by atoms with E-state index in [4.69, 9.17) is 15.7 Å². The van der Waals surface area contributed by atoms with Crippen LogP contribution in [0.25, 0.3) is 0 Å². The van der Waals surface area contributed by atoms with Crippen LogP contribution in [-0.4, -0.2) is 22.1 Å². The summed E-state index contributed by atoms with van der Waals surface area (Å²) in [5.74, 6) is 0.624. The molecule has 3 rings (SSSR count). The first-order chi connectivity index (χ1) is 10.3. The average Bonchev–Trinajstić information content (AvgIpc) is 2.80. The lowest BCUT2D eigenvalue weighted by atomic mass is 10.1. The summed E-state index contributed by atoms with van der Waals surface area (Å²) in [6.07, 6.45) is 10.4. The summed E-state index contributed by atoms with van der Waals surface area (Å²) in [7, 11) is 0. The van der Waals surface area contributed by atoms with E-state index in [0.717, 1.165) is 37.8 Å². The Kier molecular flexibility index (Phi) is 4.27. The molecule has 0 bridgehead atoms. The fourth-order valence-corrected chi connectivity index (χ4v) is 3.30. The van der Waals surface area contributed by atoms with E-state index in [0.29, 0.717) is 11.4 Å². The summed E-state index contributed by atoms with van der Waals surface area (Å²) in [6, 6.07) is 1.98. The Morgan fingerprint density at radius 2 is 1.95 bits per heavy atom. The third kappa shape index (κ3) is 3.12. The fourth-order valence-electron chi connectivity index (χ4n) is 3.30. The van der Waals surface area contributed by atoms with Gasteiger partial charge in [-0.1, -0.05) is 18.0 Å². The number of nitrogens with two attached hydrogens (primary N) is 1. The molecule has 1 aromatic heterocycles. The number of pyridine rings is 1. The molecule has 1 saturated carbocycles. The van der Waals surface area contributed by atoms with E-state index in [1.807, 2.05) is 6.07 Å². The van der Waals surface area contributed by atoms with Gasteiger partial charge in [0.15, 0.2) is 5.84 Å². The van der Waals surface area contributed by atoms with E-state index < -0.39 is 0 Å². The molecule has 1 fully saturated rings. The van der Waals surface area contributed by atoms with E-state index in [1.54, 1.807) is 0 Å². The highest BCUT2D eigenvalue weighted by atomic mass is 16.5. The summed E-state index contributed by atoms with van der Waals surface area (Å²) in [5, 5.41) is 12.1. The third-order valence-corrected chi connectivity index (χ3v) is 4.48. The van der Waals surface area contributed by atoms with Gasteiger partial charge in [0.05, 0.1) is 5.56 Å². The van der Waals surface area contributed by atoms with Crippen LogP contribution in [-0.2, 0) is 12.8 Å². The number of nitrogens with zero attached hydrogens (tertiary/aromatic N) is 2. The molecular formula is C16H23N3O2. The highest BCUT2D eigenvalue weighted by Gasteiger charge is 2.22. The van der Waals surface area contributed by atoms with Crippen LogP contribution in [0.4, 0.5) is 0 Å². The fraction of sp³-hybridized carbons (Fsp3) is 0.625. The Labute approximate surface area is 125 Å². The first kappa shape index (κ1) is 14.2. The number of rotatable bonds is 3. The molecule has 2 aliphatic carbocycles. The predicted molar refractivity (Wildman–Crippen MR) is 80.9 cm³/mol. The van der Waals surface area contributed by atoms with Gasteiger partial charge in [0.2, 0.25) is 5.88 Å². The van der Waals surface area contributed by atoms with Gasteiger partial charge in [-0.2, -0.15) is 0 Å². The number of fused-ring (bicyclic) bond motifs is 1. The summed E-state index contributed by atoms with van der Waals surface area (Å²) < 4.78 is 6.13. The van der Waals surface area contributed by atoms with Crippen LogP contribution >= 0.6 is 0 Å². The number of hydrogen-bond donors (Lipinski definition) is 2. The maximum atomic E-state index is 8.99. The molecule has 0 atom stereocenters. The second-order valence-electron chi connectivity index (χ2n) is 6.02. The van der Waals surface area contributed by atoms with Crippen molar-refractivity contribution in [1.82, 2.24) is 4.98 Å². The van der Waals surface area contributed by atoms with Crippen LogP contribution in [0.2, 0.25) is 0 Å². The number of aryl methyl sites for hydroxylation is 2. The minimum absolute atomic E-state index is 0.0841. The molecule has 0 unspecified atom stereocenters. The van der Waals surface area contributed by atoms with Crippen molar-refractivity contribution in [3.8, 4) is 5.88 Å². The summed E-state index contributed by atoms with van der Waals surface area (Å²) in [4.78, 5) is 4.65. The molecule has 3 N–H and O–H groups in total. The number of hydrogen-bond acceptors (Lipinski definition) is 4. The zero-order valence-corrected chi connectivity index (χ0v) is 12.3. The quantitative estimate of drug-likeness (QED) is 0.295. The average molecular weight is 289 g/mol. The molecule has 2 aliphatic rings. The van der Waals surface area contributed by atoms with Crippen molar-refractivity contribution in [3.05, 3.63) is 22.9 Å². The van der Waals surface area contributed by atoms with Gasteiger partial charge in [-0.25, -0.2) is 4.98 Å². The number of amidine groups is 1. The van der Waals surface area contributed by atoms with Gasteiger partial charge < -0.3 is 15.7 Å². The second kappa shape index (κ2) is 6.33. The zero-order chi connectivity index (χ0) is 14.7. The van der Waals surface area contributed by atoms with E-state index in [2.05, 4.69) is 10.1 Å². The van der Waals surface area contributed by atoms with Crippen molar-refractivity contribution in [3.63, 3.8) is 0 Å². The smallest absolute Gasteiger partial charge is 0.225 e. The molecule has 0 saturated heterocycles. The molecule has 5 heteroatoms. The summed E-state index contributed by atoms with van der Waals surface area (Å²) in [5.41, 5.74) is 8.74. The van der Waals surface area contributed by atoms with Crippen molar-refractivity contribution in [2.75, 3.05) is 0 Å². The molecule has 0 amide bonds. The Balaban J connectivity index is 1.88. The lowest BCUT2D eigenvalue weighted by Crippen LogP contribution is -2.21. The highest BCUT2D eigenvalue weighted by Crippen LogP contribution is 2.29. The molecule has 0 radical (unpaired) electrons. The Morgan fingerprint density at radius 1 is 1.19 bits per heavy atom. The van der Waals surface area contributed by atoms with Crippen LogP contribution < -0.4 is 10.5 Å². The molecule has 114 valence electrons. The standard InChI is InChI=1S/C16H23N3O2/c17-15(19-20)13-10-11-6-5-9-14(11)18-16(13)21-12-7-3-1-2-4-8-12/h10,12,20H,1-9H2,(H2,17,19). The van der Waals surface area contributed by atoms with Crippen molar-refractivity contribution >= 4 is 5.84 Å². The van der Waals surface area contributed by atoms with Crippen molar-refractivity contribution in [1.29, 1.82) is 0 Å². The topological polar surface area (TPSA) is 80.7 Å². The van der Waals surface area contributed by atoms with Crippen LogP contribution in [0.15, 0.2) is 11.2 Å².